The third-order valence-electron chi connectivity index (χ3n) is 3.48. The maximum absolute atomic E-state index is 12.2. The standard InChI is InChI=1S/C13H16Cl3NO2S/c14-10-3-1-9(2-4-10)8-17-20(18,19)13-6-11(15)5-12(16)7-13/h5-7,9-10,17H,1-4,8H2. The van der Waals surface area contributed by atoms with Gasteiger partial charge >= 0.3 is 0 Å². The summed E-state index contributed by atoms with van der Waals surface area (Å²) < 4.78 is 27.0. The van der Waals surface area contributed by atoms with E-state index in [1.165, 1.54) is 18.2 Å². The lowest BCUT2D eigenvalue weighted by Crippen LogP contribution is -2.31. The van der Waals surface area contributed by atoms with E-state index in [1.54, 1.807) is 0 Å². The van der Waals surface area contributed by atoms with E-state index in [9.17, 15) is 8.42 Å². The molecule has 0 spiro atoms. The van der Waals surface area contributed by atoms with Crippen LogP contribution in [0.4, 0.5) is 0 Å². The summed E-state index contributed by atoms with van der Waals surface area (Å²) in [4.78, 5) is 0.0982. The molecule has 0 aromatic heterocycles. The zero-order chi connectivity index (χ0) is 14.8. The highest BCUT2D eigenvalue weighted by molar-refractivity contribution is 7.89. The van der Waals surface area contributed by atoms with E-state index in [-0.39, 0.29) is 10.3 Å². The average molecular weight is 357 g/mol. The van der Waals surface area contributed by atoms with Crippen LogP contribution >= 0.6 is 34.8 Å². The van der Waals surface area contributed by atoms with Crippen molar-refractivity contribution in [3.63, 3.8) is 0 Å². The van der Waals surface area contributed by atoms with Crippen LogP contribution in [0.5, 0.6) is 0 Å². The summed E-state index contributed by atoms with van der Waals surface area (Å²) in [6.07, 6.45) is 3.79. The Bertz CT molecular complexity index is 549. The predicted octanol–water partition coefficient (Wildman–Crippen LogP) is 4.07. The Labute approximate surface area is 134 Å². The molecule has 0 saturated heterocycles. The van der Waals surface area contributed by atoms with Crippen molar-refractivity contribution >= 4 is 44.8 Å². The summed E-state index contributed by atoms with van der Waals surface area (Å²) >= 11 is 17.7. The largest absolute Gasteiger partial charge is 0.240 e. The van der Waals surface area contributed by atoms with Crippen LogP contribution in [0.15, 0.2) is 23.1 Å². The summed E-state index contributed by atoms with van der Waals surface area (Å²) in [5.41, 5.74) is 0. The van der Waals surface area contributed by atoms with Crippen LogP contribution in [0.25, 0.3) is 0 Å². The van der Waals surface area contributed by atoms with Gasteiger partial charge in [-0.15, -0.1) is 11.6 Å². The summed E-state index contributed by atoms with van der Waals surface area (Å²) in [5.74, 6) is 0.342. The number of nitrogens with one attached hydrogen (secondary N) is 1. The summed E-state index contributed by atoms with van der Waals surface area (Å²) in [7, 11) is -3.57. The first-order chi connectivity index (χ1) is 9.37. The van der Waals surface area contributed by atoms with E-state index in [2.05, 4.69) is 4.72 Å². The summed E-state index contributed by atoms with van der Waals surface area (Å²) in [6.45, 7) is 0.427. The Morgan fingerprint density at radius 3 is 2.15 bits per heavy atom. The molecule has 0 bridgehead atoms. The maximum Gasteiger partial charge on any atom is 0.240 e. The van der Waals surface area contributed by atoms with Crippen molar-refractivity contribution in [1.82, 2.24) is 4.72 Å². The van der Waals surface area contributed by atoms with Crippen molar-refractivity contribution in [2.75, 3.05) is 6.54 Å². The molecule has 112 valence electrons. The average Bonchev–Trinajstić information content (AvgIpc) is 2.37. The normalized spacial score (nSPS) is 23.8. The van der Waals surface area contributed by atoms with Crippen molar-refractivity contribution < 1.29 is 8.42 Å². The van der Waals surface area contributed by atoms with Crippen LogP contribution in [-0.4, -0.2) is 20.3 Å². The van der Waals surface area contributed by atoms with E-state index in [1.807, 2.05) is 0 Å². The number of benzene rings is 1. The van der Waals surface area contributed by atoms with E-state index < -0.39 is 10.0 Å². The second kappa shape index (κ2) is 6.84. The minimum Gasteiger partial charge on any atom is -0.211 e. The number of hydrogen-bond acceptors (Lipinski definition) is 2. The van der Waals surface area contributed by atoms with E-state index in [0.29, 0.717) is 22.5 Å². The van der Waals surface area contributed by atoms with Gasteiger partial charge in [0.05, 0.1) is 4.90 Å². The van der Waals surface area contributed by atoms with Crippen molar-refractivity contribution in [2.45, 2.75) is 36.0 Å². The molecule has 1 aliphatic rings. The zero-order valence-corrected chi connectivity index (χ0v) is 13.9. The van der Waals surface area contributed by atoms with Crippen LogP contribution in [0, 0.1) is 5.92 Å². The first-order valence-corrected chi connectivity index (χ1v) is 9.14. The lowest BCUT2D eigenvalue weighted by molar-refractivity contribution is 0.361. The first kappa shape index (κ1) is 16.4. The highest BCUT2D eigenvalue weighted by Crippen LogP contribution is 2.28. The van der Waals surface area contributed by atoms with Gasteiger partial charge in [0.25, 0.3) is 0 Å². The molecule has 0 aliphatic heterocycles. The Balaban J connectivity index is 2.00. The quantitative estimate of drug-likeness (QED) is 0.827. The molecule has 3 nitrogen and oxygen atoms in total. The summed E-state index contributed by atoms with van der Waals surface area (Å²) in [6, 6.07) is 4.29. The topological polar surface area (TPSA) is 46.2 Å². The van der Waals surface area contributed by atoms with E-state index in [0.717, 1.165) is 25.7 Å². The Kier molecular flexibility index (Phi) is 5.60. The van der Waals surface area contributed by atoms with Crippen LogP contribution in [0.3, 0.4) is 0 Å². The molecule has 0 atom stereocenters. The second-order valence-corrected chi connectivity index (χ2v) is 8.33. The van der Waals surface area contributed by atoms with Gasteiger partial charge in [0.1, 0.15) is 0 Å². The van der Waals surface area contributed by atoms with Gasteiger partial charge in [-0.2, -0.15) is 0 Å². The number of hydrogen-bond donors (Lipinski definition) is 1. The van der Waals surface area contributed by atoms with Gasteiger partial charge in [0.15, 0.2) is 0 Å². The van der Waals surface area contributed by atoms with Crippen LogP contribution in [-0.2, 0) is 10.0 Å². The predicted molar refractivity (Wildman–Crippen MR) is 83.2 cm³/mol. The molecular weight excluding hydrogens is 341 g/mol. The molecule has 1 N–H and O–H groups in total. The molecule has 1 saturated carbocycles. The van der Waals surface area contributed by atoms with Crippen molar-refractivity contribution in [1.29, 1.82) is 0 Å². The van der Waals surface area contributed by atoms with Crippen LogP contribution < -0.4 is 4.72 Å². The number of rotatable bonds is 4. The smallest absolute Gasteiger partial charge is 0.211 e. The Morgan fingerprint density at radius 1 is 1.05 bits per heavy atom. The minimum absolute atomic E-state index is 0.0982. The molecular formula is C13H16Cl3NO2S. The molecule has 20 heavy (non-hydrogen) atoms. The van der Waals surface area contributed by atoms with Gasteiger partial charge in [0.2, 0.25) is 10.0 Å². The molecule has 1 aromatic carbocycles. The summed E-state index contributed by atoms with van der Waals surface area (Å²) in [5, 5.41) is 0.843. The van der Waals surface area contributed by atoms with Crippen LogP contribution in [0.1, 0.15) is 25.7 Å². The SMILES string of the molecule is O=S(=O)(NCC1CCC(Cl)CC1)c1cc(Cl)cc(Cl)c1. The lowest BCUT2D eigenvalue weighted by atomic mass is 9.89. The fourth-order valence-corrected chi connectivity index (χ4v) is 4.41. The Hall–Kier alpha value is -0.000000000000000139. The lowest BCUT2D eigenvalue weighted by Gasteiger charge is -2.25. The van der Waals surface area contributed by atoms with Gasteiger partial charge in [-0.1, -0.05) is 23.2 Å². The number of sulfonamides is 1. The van der Waals surface area contributed by atoms with Crippen molar-refractivity contribution in [3.05, 3.63) is 28.2 Å². The first-order valence-electron chi connectivity index (χ1n) is 6.46. The third kappa shape index (κ3) is 4.50. The van der Waals surface area contributed by atoms with E-state index in [4.69, 9.17) is 34.8 Å². The third-order valence-corrected chi connectivity index (χ3v) is 5.76. The van der Waals surface area contributed by atoms with Gasteiger partial charge in [0, 0.05) is 22.0 Å². The maximum atomic E-state index is 12.2. The molecule has 7 heteroatoms. The molecule has 2 rings (SSSR count). The molecule has 1 aromatic rings. The van der Waals surface area contributed by atoms with Gasteiger partial charge in [-0.25, -0.2) is 13.1 Å². The molecule has 0 radical (unpaired) electrons. The highest BCUT2D eigenvalue weighted by atomic mass is 35.5. The van der Waals surface area contributed by atoms with Gasteiger partial charge in [-0.05, 0) is 49.8 Å². The molecule has 0 unspecified atom stereocenters. The van der Waals surface area contributed by atoms with Crippen molar-refractivity contribution in [2.24, 2.45) is 5.92 Å². The Morgan fingerprint density at radius 2 is 1.60 bits per heavy atom. The van der Waals surface area contributed by atoms with Gasteiger partial charge < -0.3 is 0 Å². The zero-order valence-electron chi connectivity index (χ0n) is 10.8. The minimum atomic E-state index is -3.57. The monoisotopic (exact) mass is 355 g/mol. The van der Waals surface area contributed by atoms with Gasteiger partial charge in [-0.3, -0.25) is 0 Å². The number of halogens is 3. The molecule has 0 heterocycles. The van der Waals surface area contributed by atoms with Crippen molar-refractivity contribution in [3.8, 4) is 0 Å². The molecule has 0 amide bonds. The molecule has 1 fully saturated rings. The molecule has 1 aliphatic carbocycles. The fraction of sp³-hybridized carbons (Fsp3) is 0.538. The van der Waals surface area contributed by atoms with Crippen LogP contribution in [0.2, 0.25) is 10.0 Å². The van der Waals surface area contributed by atoms with E-state index >= 15 is 0 Å². The highest BCUT2D eigenvalue weighted by Gasteiger charge is 2.22. The second-order valence-electron chi connectivity index (χ2n) is 5.08. The number of alkyl halides is 1. The fourth-order valence-electron chi connectivity index (χ4n) is 2.32.